The van der Waals surface area contributed by atoms with Gasteiger partial charge in [-0.3, -0.25) is 9.13 Å². The van der Waals surface area contributed by atoms with Crippen LogP contribution >= 0.6 is 0 Å². The van der Waals surface area contributed by atoms with Gasteiger partial charge in [0.1, 0.15) is 11.1 Å². The Morgan fingerprint density at radius 1 is 1.23 bits per heavy atom. The van der Waals surface area contributed by atoms with E-state index in [1.807, 2.05) is 25.3 Å². The predicted octanol–water partition coefficient (Wildman–Crippen LogP) is 3.06. The molecular formula is C22H32N6O3. The average Bonchev–Trinajstić information content (AvgIpc) is 3.22. The fourth-order valence-corrected chi connectivity index (χ4v) is 5.44. The highest BCUT2D eigenvalue weighted by molar-refractivity contribution is 5.72. The molecule has 1 spiro atoms. The number of carbonyl (C=O) groups is 1. The zero-order valence-electron chi connectivity index (χ0n) is 18.8. The largest absolute Gasteiger partial charge is 0.444 e. The number of ether oxygens (including phenoxy) is 1. The Morgan fingerprint density at radius 3 is 2.55 bits per heavy atom. The summed E-state index contributed by atoms with van der Waals surface area (Å²) in [7, 11) is 1.79. The lowest BCUT2D eigenvalue weighted by atomic mass is 9.61. The second-order valence-electron chi connectivity index (χ2n) is 10.6. The quantitative estimate of drug-likeness (QED) is 0.808. The van der Waals surface area contributed by atoms with Gasteiger partial charge in [0.2, 0.25) is 5.95 Å². The van der Waals surface area contributed by atoms with Gasteiger partial charge in [0, 0.05) is 37.6 Å². The average molecular weight is 429 g/mol. The Bertz CT molecular complexity index is 1060. The predicted molar refractivity (Wildman–Crippen MR) is 117 cm³/mol. The number of aromatic nitrogens is 4. The summed E-state index contributed by atoms with van der Waals surface area (Å²) in [5.41, 5.74) is 1.23. The molecule has 2 aromatic heterocycles. The van der Waals surface area contributed by atoms with Crippen LogP contribution in [0.4, 0.5) is 10.7 Å². The van der Waals surface area contributed by atoms with Gasteiger partial charge in [0.05, 0.1) is 6.20 Å². The second kappa shape index (κ2) is 6.97. The maximum atomic E-state index is 12.8. The van der Waals surface area contributed by atoms with Crippen LogP contribution in [0.15, 0.2) is 11.0 Å². The minimum absolute atomic E-state index is 0.00681. The number of likely N-dealkylation sites (tertiary alicyclic amines) is 1. The monoisotopic (exact) mass is 428 g/mol. The Kier molecular flexibility index (Phi) is 4.57. The summed E-state index contributed by atoms with van der Waals surface area (Å²) in [6.45, 7) is 7.17. The van der Waals surface area contributed by atoms with E-state index in [0.717, 1.165) is 62.8 Å². The van der Waals surface area contributed by atoms with Crippen molar-refractivity contribution >= 4 is 23.2 Å². The minimum atomic E-state index is -0.462. The standard InChI is InChI=1S/C22H32N6O3/c1-21(2,3)31-20(30)27-12-22(13-27)9-14(10-22)24-18-23-11-16-17(25-18)28(19(29)26(16)4)15-7-5-6-8-15/h11,14-15H,5-10,12-13H2,1-4H3,(H,23,24,25). The number of hydrogen-bond donors (Lipinski definition) is 1. The van der Waals surface area contributed by atoms with E-state index in [9.17, 15) is 9.59 Å². The van der Waals surface area contributed by atoms with E-state index in [4.69, 9.17) is 9.72 Å². The van der Waals surface area contributed by atoms with E-state index in [0.29, 0.717) is 5.95 Å². The molecule has 3 heterocycles. The van der Waals surface area contributed by atoms with E-state index in [1.54, 1.807) is 22.7 Å². The van der Waals surface area contributed by atoms with Crippen molar-refractivity contribution in [3.8, 4) is 0 Å². The number of amides is 1. The zero-order valence-corrected chi connectivity index (χ0v) is 18.8. The van der Waals surface area contributed by atoms with Gasteiger partial charge < -0.3 is 15.0 Å². The smallest absolute Gasteiger partial charge is 0.410 e. The zero-order chi connectivity index (χ0) is 22.0. The maximum absolute atomic E-state index is 12.8. The molecule has 1 amide bonds. The van der Waals surface area contributed by atoms with Gasteiger partial charge in [0.15, 0.2) is 5.65 Å². The fourth-order valence-electron chi connectivity index (χ4n) is 5.44. The molecule has 1 N–H and O–H groups in total. The topological polar surface area (TPSA) is 94.3 Å². The fraction of sp³-hybridized carbons (Fsp3) is 0.727. The molecule has 2 aromatic rings. The number of aryl methyl sites for hydroxylation is 1. The van der Waals surface area contributed by atoms with Gasteiger partial charge in [-0.2, -0.15) is 4.98 Å². The summed E-state index contributed by atoms with van der Waals surface area (Å²) in [5.74, 6) is 0.577. The third kappa shape index (κ3) is 3.57. The maximum Gasteiger partial charge on any atom is 0.410 e. The molecule has 0 bridgehead atoms. The number of nitrogens with zero attached hydrogens (tertiary/aromatic N) is 5. The number of anilines is 1. The molecule has 31 heavy (non-hydrogen) atoms. The molecule has 9 heteroatoms. The molecule has 3 aliphatic rings. The highest BCUT2D eigenvalue weighted by atomic mass is 16.6. The van der Waals surface area contributed by atoms with E-state index >= 15 is 0 Å². The summed E-state index contributed by atoms with van der Waals surface area (Å²) < 4.78 is 8.96. The van der Waals surface area contributed by atoms with Crippen molar-refractivity contribution in [2.75, 3.05) is 18.4 Å². The number of nitrogens with one attached hydrogen (secondary N) is 1. The van der Waals surface area contributed by atoms with Crippen molar-refractivity contribution in [1.82, 2.24) is 24.0 Å². The molecule has 1 aliphatic heterocycles. The van der Waals surface area contributed by atoms with Gasteiger partial charge in [-0.15, -0.1) is 0 Å². The summed E-state index contributed by atoms with van der Waals surface area (Å²) in [4.78, 5) is 35.9. The first-order chi connectivity index (χ1) is 14.6. The molecule has 3 fully saturated rings. The lowest BCUT2D eigenvalue weighted by molar-refractivity contribution is -0.0739. The Labute approximate surface area is 181 Å². The summed E-state index contributed by atoms with van der Waals surface area (Å²) >= 11 is 0. The van der Waals surface area contributed by atoms with Crippen molar-refractivity contribution in [1.29, 1.82) is 0 Å². The van der Waals surface area contributed by atoms with Crippen LogP contribution in [0, 0.1) is 5.41 Å². The highest BCUT2D eigenvalue weighted by Crippen LogP contribution is 2.49. The lowest BCUT2D eigenvalue weighted by Crippen LogP contribution is -2.66. The summed E-state index contributed by atoms with van der Waals surface area (Å²) in [6, 6.07) is 0.522. The van der Waals surface area contributed by atoms with E-state index < -0.39 is 5.60 Å². The third-order valence-electron chi connectivity index (χ3n) is 6.92. The summed E-state index contributed by atoms with van der Waals surface area (Å²) in [6.07, 6.45) is 7.88. The van der Waals surface area contributed by atoms with Crippen molar-refractivity contribution < 1.29 is 9.53 Å². The Balaban J connectivity index is 1.23. The molecule has 9 nitrogen and oxygen atoms in total. The summed E-state index contributed by atoms with van der Waals surface area (Å²) in [5, 5.41) is 3.44. The number of hydrogen-bond acceptors (Lipinski definition) is 6. The molecule has 1 saturated heterocycles. The van der Waals surface area contributed by atoms with Crippen LogP contribution in [0.25, 0.3) is 11.2 Å². The van der Waals surface area contributed by atoms with Crippen LogP contribution in [0.2, 0.25) is 0 Å². The SMILES string of the molecule is Cn1c(=O)n(C2CCCC2)c2nc(NC3CC4(C3)CN(C(=O)OC(C)(C)C)C4)ncc21. The van der Waals surface area contributed by atoms with Gasteiger partial charge in [-0.05, 0) is 46.5 Å². The molecule has 2 saturated carbocycles. The highest BCUT2D eigenvalue weighted by Gasteiger charge is 2.54. The third-order valence-corrected chi connectivity index (χ3v) is 6.92. The van der Waals surface area contributed by atoms with Crippen molar-refractivity contribution in [3.63, 3.8) is 0 Å². The normalized spacial score (nSPS) is 21.4. The van der Waals surface area contributed by atoms with Gasteiger partial charge in [-0.25, -0.2) is 14.6 Å². The van der Waals surface area contributed by atoms with Crippen LogP contribution in [0.5, 0.6) is 0 Å². The van der Waals surface area contributed by atoms with Crippen molar-refractivity contribution in [3.05, 3.63) is 16.7 Å². The van der Waals surface area contributed by atoms with Crippen LogP contribution in [-0.4, -0.2) is 54.8 Å². The van der Waals surface area contributed by atoms with E-state index in [1.165, 1.54) is 0 Å². The molecule has 2 aliphatic carbocycles. The number of carbonyl (C=O) groups excluding carboxylic acids is 1. The van der Waals surface area contributed by atoms with Crippen molar-refractivity contribution in [2.24, 2.45) is 12.5 Å². The van der Waals surface area contributed by atoms with Crippen LogP contribution in [0.1, 0.15) is 65.3 Å². The van der Waals surface area contributed by atoms with Gasteiger partial charge >= 0.3 is 11.8 Å². The lowest BCUT2D eigenvalue weighted by Gasteiger charge is -2.58. The van der Waals surface area contributed by atoms with Gasteiger partial charge in [-0.1, -0.05) is 12.8 Å². The molecule has 0 aromatic carbocycles. The number of imidazole rings is 1. The molecule has 0 radical (unpaired) electrons. The molecule has 0 atom stereocenters. The first-order valence-electron chi connectivity index (χ1n) is 11.3. The van der Waals surface area contributed by atoms with Gasteiger partial charge in [0.25, 0.3) is 0 Å². The molecule has 168 valence electrons. The van der Waals surface area contributed by atoms with Crippen molar-refractivity contribution in [2.45, 2.75) is 77.0 Å². The molecular weight excluding hydrogens is 396 g/mol. The minimum Gasteiger partial charge on any atom is -0.444 e. The van der Waals surface area contributed by atoms with E-state index in [-0.39, 0.29) is 29.3 Å². The van der Waals surface area contributed by atoms with Crippen LogP contribution < -0.4 is 11.0 Å². The van der Waals surface area contributed by atoms with Crippen LogP contribution in [-0.2, 0) is 11.8 Å². The Morgan fingerprint density at radius 2 is 1.90 bits per heavy atom. The molecule has 0 unspecified atom stereocenters. The first kappa shape index (κ1) is 20.3. The van der Waals surface area contributed by atoms with Crippen LogP contribution in [0.3, 0.4) is 0 Å². The number of rotatable bonds is 3. The molecule has 5 rings (SSSR count). The second-order valence-corrected chi connectivity index (χ2v) is 10.6. The first-order valence-corrected chi connectivity index (χ1v) is 11.3. The Hall–Kier alpha value is -2.58. The van der Waals surface area contributed by atoms with E-state index in [2.05, 4.69) is 10.3 Å². The number of fused-ring (bicyclic) bond motifs is 1.